The normalized spacial score (nSPS) is 12.9. The van der Waals surface area contributed by atoms with Crippen LogP contribution in [0.2, 0.25) is 0 Å². The summed E-state index contributed by atoms with van der Waals surface area (Å²) in [5, 5.41) is 0. The molecule has 2 N–H and O–H groups in total. The Morgan fingerprint density at radius 1 is 1.21 bits per heavy atom. The van der Waals surface area contributed by atoms with Gasteiger partial charge in [-0.05, 0) is 18.6 Å². The highest BCUT2D eigenvalue weighted by Crippen LogP contribution is 2.24. The molecule has 1 atom stereocenters. The molecule has 0 aromatic heterocycles. The summed E-state index contributed by atoms with van der Waals surface area (Å²) >= 11 is 0. The molecule has 0 aliphatic heterocycles. The highest BCUT2D eigenvalue weighted by molar-refractivity contribution is 5.24. The summed E-state index contributed by atoms with van der Waals surface area (Å²) < 4.78 is 39.0. The van der Waals surface area contributed by atoms with Gasteiger partial charge in [0.05, 0.1) is 0 Å². The lowest BCUT2D eigenvalue weighted by Crippen LogP contribution is -2.14. The van der Waals surface area contributed by atoms with Crippen LogP contribution >= 0.6 is 0 Å². The maximum atomic E-state index is 13.1. The molecular weight excluding hydrogens is 191 g/mol. The van der Waals surface area contributed by atoms with Gasteiger partial charge in [-0.25, -0.2) is 13.2 Å². The topological polar surface area (TPSA) is 26.0 Å². The number of nitrogens with two attached hydrogens (primary N) is 1. The standard InChI is InChI=1S/C10H12F3N/c1-2-3-8(14)9-6(11)4-5-7(12)10(9)13/h4-5,8H,2-3,14H2,1H3/t8-/m1/s1. The zero-order chi connectivity index (χ0) is 10.7. The van der Waals surface area contributed by atoms with Gasteiger partial charge >= 0.3 is 0 Å². The summed E-state index contributed by atoms with van der Waals surface area (Å²) in [4.78, 5) is 0. The molecule has 0 bridgehead atoms. The summed E-state index contributed by atoms with van der Waals surface area (Å²) in [5.74, 6) is -3.02. The Morgan fingerprint density at radius 3 is 2.36 bits per heavy atom. The van der Waals surface area contributed by atoms with Crippen molar-refractivity contribution in [3.05, 3.63) is 35.1 Å². The fourth-order valence-corrected chi connectivity index (χ4v) is 1.34. The lowest BCUT2D eigenvalue weighted by Gasteiger charge is -2.12. The Bertz CT molecular complexity index is 325. The van der Waals surface area contributed by atoms with Gasteiger partial charge in [0.2, 0.25) is 0 Å². The Balaban J connectivity index is 3.11. The summed E-state index contributed by atoms with van der Waals surface area (Å²) in [6, 6.07) is 0.867. The molecule has 14 heavy (non-hydrogen) atoms. The highest BCUT2D eigenvalue weighted by Gasteiger charge is 2.18. The SMILES string of the molecule is CCC[C@@H](N)c1c(F)ccc(F)c1F. The predicted molar refractivity (Wildman–Crippen MR) is 48.2 cm³/mol. The molecule has 0 saturated heterocycles. The molecule has 0 saturated carbocycles. The Hall–Kier alpha value is -1.03. The maximum absolute atomic E-state index is 13.1. The van der Waals surface area contributed by atoms with E-state index in [4.69, 9.17) is 5.73 Å². The molecule has 1 rings (SSSR count). The molecular formula is C10H12F3N. The number of hydrogen-bond donors (Lipinski definition) is 1. The predicted octanol–water partition coefficient (Wildman–Crippen LogP) is 2.90. The van der Waals surface area contributed by atoms with E-state index in [1.54, 1.807) is 0 Å². The third-order valence-corrected chi connectivity index (χ3v) is 2.05. The van der Waals surface area contributed by atoms with Gasteiger partial charge in [-0.15, -0.1) is 0 Å². The Kier molecular flexibility index (Phi) is 3.52. The van der Waals surface area contributed by atoms with Gasteiger partial charge in [0.15, 0.2) is 11.6 Å². The van der Waals surface area contributed by atoms with Crippen LogP contribution in [0.1, 0.15) is 31.4 Å². The molecule has 0 unspecified atom stereocenters. The van der Waals surface area contributed by atoms with E-state index in [0.717, 1.165) is 12.1 Å². The molecule has 0 spiro atoms. The molecule has 0 fully saturated rings. The zero-order valence-electron chi connectivity index (χ0n) is 7.86. The number of rotatable bonds is 3. The van der Waals surface area contributed by atoms with Crippen LogP contribution in [0.5, 0.6) is 0 Å². The summed E-state index contributed by atoms with van der Waals surface area (Å²) in [5.41, 5.74) is 5.17. The fraction of sp³-hybridized carbons (Fsp3) is 0.400. The molecule has 78 valence electrons. The van der Waals surface area contributed by atoms with Crippen molar-refractivity contribution in [2.45, 2.75) is 25.8 Å². The van der Waals surface area contributed by atoms with Crippen molar-refractivity contribution in [3.8, 4) is 0 Å². The lowest BCUT2D eigenvalue weighted by atomic mass is 10.0. The summed E-state index contributed by atoms with van der Waals surface area (Å²) in [6.45, 7) is 1.84. The number of halogens is 3. The van der Waals surface area contributed by atoms with Gasteiger partial charge < -0.3 is 5.73 Å². The second-order valence-corrected chi connectivity index (χ2v) is 3.15. The van der Waals surface area contributed by atoms with Gasteiger partial charge in [0.1, 0.15) is 5.82 Å². The van der Waals surface area contributed by atoms with Crippen LogP contribution in [0.15, 0.2) is 12.1 Å². The van der Waals surface area contributed by atoms with Crippen LogP contribution in [0.4, 0.5) is 13.2 Å². The zero-order valence-corrected chi connectivity index (χ0v) is 7.86. The first kappa shape index (κ1) is 11.0. The smallest absolute Gasteiger partial charge is 0.166 e. The third kappa shape index (κ3) is 2.07. The van der Waals surface area contributed by atoms with Crippen molar-refractivity contribution in [1.29, 1.82) is 0 Å². The average molecular weight is 203 g/mol. The van der Waals surface area contributed by atoms with Crippen LogP contribution in [0.25, 0.3) is 0 Å². The van der Waals surface area contributed by atoms with Gasteiger partial charge in [-0.1, -0.05) is 13.3 Å². The van der Waals surface area contributed by atoms with Crippen LogP contribution in [0, 0.1) is 17.5 Å². The van der Waals surface area contributed by atoms with E-state index in [-0.39, 0.29) is 5.56 Å². The molecule has 0 heterocycles. The quantitative estimate of drug-likeness (QED) is 0.751. The van der Waals surface area contributed by atoms with Crippen molar-refractivity contribution in [1.82, 2.24) is 0 Å². The number of benzene rings is 1. The van der Waals surface area contributed by atoms with Gasteiger partial charge in [0, 0.05) is 11.6 Å². The second kappa shape index (κ2) is 4.46. The molecule has 0 aliphatic carbocycles. The molecule has 0 aliphatic rings. The number of hydrogen-bond acceptors (Lipinski definition) is 1. The molecule has 4 heteroatoms. The minimum atomic E-state index is -1.18. The van der Waals surface area contributed by atoms with Crippen molar-refractivity contribution >= 4 is 0 Å². The second-order valence-electron chi connectivity index (χ2n) is 3.15. The van der Waals surface area contributed by atoms with E-state index in [1.165, 1.54) is 0 Å². The first-order chi connectivity index (χ1) is 6.57. The Labute approximate surface area is 80.7 Å². The minimum absolute atomic E-state index is 0.355. The van der Waals surface area contributed by atoms with E-state index in [9.17, 15) is 13.2 Å². The van der Waals surface area contributed by atoms with E-state index in [0.29, 0.717) is 12.8 Å². The monoisotopic (exact) mass is 203 g/mol. The van der Waals surface area contributed by atoms with Gasteiger partial charge in [-0.3, -0.25) is 0 Å². The van der Waals surface area contributed by atoms with Crippen LogP contribution in [-0.2, 0) is 0 Å². The first-order valence-electron chi connectivity index (χ1n) is 4.46. The van der Waals surface area contributed by atoms with Crippen molar-refractivity contribution in [3.63, 3.8) is 0 Å². The van der Waals surface area contributed by atoms with Crippen LogP contribution < -0.4 is 5.73 Å². The van der Waals surface area contributed by atoms with E-state index in [2.05, 4.69) is 0 Å². The first-order valence-corrected chi connectivity index (χ1v) is 4.46. The Morgan fingerprint density at radius 2 is 1.79 bits per heavy atom. The van der Waals surface area contributed by atoms with E-state index in [1.807, 2.05) is 6.92 Å². The third-order valence-electron chi connectivity index (χ3n) is 2.05. The summed E-state index contributed by atoms with van der Waals surface area (Å²) in [6.07, 6.45) is 1.12. The average Bonchev–Trinajstić information content (AvgIpc) is 2.13. The minimum Gasteiger partial charge on any atom is -0.324 e. The van der Waals surface area contributed by atoms with Gasteiger partial charge in [-0.2, -0.15) is 0 Å². The molecule has 1 aromatic carbocycles. The lowest BCUT2D eigenvalue weighted by molar-refractivity contribution is 0.457. The molecule has 0 amide bonds. The van der Waals surface area contributed by atoms with Crippen molar-refractivity contribution < 1.29 is 13.2 Å². The largest absolute Gasteiger partial charge is 0.324 e. The van der Waals surface area contributed by atoms with Crippen LogP contribution in [-0.4, -0.2) is 0 Å². The van der Waals surface area contributed by atoms with E-state index < -0.39 is 23.5 Å². The van der Waals surface area contributed by atoms with Crippen LogP contribution in [0.3, 0.4) is 0 Å². The highest BCUT2D eigenvalue weighted by atomic mass is 19.2. The van der Waals surface area contributed by atoms with Gasteiger partial charge in [0.25, 0.3) is 0 Å². The molecule has 0 radical (unpaired) electrons. The summed E-state index contributed by atoms with van der Waals surface area (Å²) in [7, 11) is 0. The van der Waals surface area contributed by atoms with Crippen molar-refractivity contribution in [2.75, 3.05) is 0 Å². The molecule has 1 nitrogen and oxygen atoms in total. The molecule has 1 aromatic rings. The van der Waals surface area contributed by atoms with Crippen molar-refractivity contribution in [2.24, 2.45) is 5.73 Å². The maximum Gasteiger partial charge on any atom is 0.166 e. The fourth-order valence-electron chi connectivity index (χ4n) is 1.34. The van der Waals surface area contributed by atoms with E-state index >= 15 is 0 Å².